The third-order valence-electron chi connectivity index (χ3n) is 5.03. The summed E-state index contributed by atoms with van der Waals surface area (Å²) >= 11 is 6.05. The van der Waals surface area contributed by atoms with Gasteiger partial charge in [-0.15, -0.1) is 0 Å². The Morgan fingerprint density at radius 1 is 1.27 bits per heavy atom. The number of Topliss-reactive ketones (excluding diaryl/α,β-unsaturated/α-hetero) is 1. The molecule has 1 aromatic rings. The van der Waals surface area contributed by atoms with E-state index in [0.717, 1.165) is 31.2 Å². The van der Waals surface area contributed by atoms with Crippen LogP contribution in [-0.4, -0.2) is 34.0 Å². The molecule has 22 heavy (non-hydrogen) atoms. The number of hydrogen-bond donors (Lipinski definition) is 1. The average Bonchev–Trinajstić information content (AvgIpc) is 2.77. The Morgan fingerprint density at radius 2 is 1.91 bits per heavy atom. The molecule has 2 aliphatic heterocycles. The molecule has 2 aliphatic rings. The summed E-state index contributed by atoms with van der Waals surface area (Å²) in [6, 6.07) is 5.71. The van der Waals surface area contributed by atoms with Crippen LogP contribution < -0.4 is 0 Å². The van der Waals surface area contributed by atoms with Crippen molar-refractivity contribution in [3.63, 3.8) is 0 Å². The average molecular weight is 322 g/mol. The fourth-order valence-corrected chi connectivity index (χ4v) is 4.23. The quantitative estimate of drug-likeness (QED) is 0.843. The molecule has 0 radical (unpaired) electrons. The lowest BCUT2D eigenvalue weighted by Crippen LogP contribution is -2.45. The summed E-state index contributed by atoms with van der Waals surface area (Å²) < 4.78 is 0. The van der Waals surface area contributed by atoms with Crippen LogP contribution in [-0.2, 0) is 0 Å². The van der Waals surface area contributed by atoms with E-state index in [9.17, 15) is 14.7 Å². The van der Waals surface area contributed by atoms with Crippen molar-refractivity contribution in [3.8, 4) is 0 Å². The van der Waals surface area contributed by atoms with Gasteiger partial charge in [-0.05, 0) is 49.3 Å². The van der Waals surface area contributed by atoms with E-state index in [4.69, 9.17) is 11.6 Å². The van der Waals surface area contributed by atoms with Crippen LogP contribution in [0.15, 0.2) is 18.2 Å². The molecule has 2 bridgehead atoms. The molecule has 2 heterocycles. The van der Waals surface area contributed by atoms with Crippen LogP contribution in [0.4, 0.5) is 4.79 Å². The second-order valence-electron chi connectivity index (χ2n) is 6.25. The van der Waals surface area contributed by atoms with Crippen molar-refractivity contribution in [1.29, 1.82) is 0 Å². The molecule has 0 aromatic heterocycles. The first-order valence-corrected chi connectivity index (χ1v) is 8.23. The van der Waals surface area contributed by atoms with E-state index in [1.54, 1.807) is 11.0 Å². The Hall–Kier alpha value is -1.55. The molecule has 2 atom stereocenters. The maximum Gasteiger partial charge on any atom is 0.407 e. The van der Waals surface area contributed by atoms with Gasteiger partial charge in [-0.3, -0.25) is 4.79 Å². The molecule has 1 aromatic carbocycles. The van der Waals surface area contributed by atoms with E-state index >= 15 is 0 Å². The summed E-state index contributed by atoms with van der Waals surface area (Å²) in [5.74, 6) is 0.348. The normalized spacial score (nSPS) is 27.0. The van der Waals surface area contributed by atoms with Gasteiger partial charge in [0.1, 0.15) is 0 Å². The molecule has 2 saturated heterocycles. The molecule has 1 amide bonds. The predicted molar refractivity (Wildman–Crippen MR) is 84.7 cm³/mol. The molecular weight excluding hydrogens is 302 g/mol. The molecule has 2 unspecified atom stereocenters. The van der Waals surface area contributed by atoms with Gasteiger partial charge >= 0.3 is 6.09 Å². The summed E-state index contributed by atoms with van der Waals surface area (Å²) in [5, 5.41) is 9.92. The highest BCUT2D eigenvalue weighted by atomic mass is 35.5. The second-order valence-corrected chi connectivity index (χ2v) is 6.69. The summed E-state index contributed by atoms with van der Waals surface area (Å²) in [4.78, 5) is 25.2. The van der Waals surface area contributed by atoms with E-state index in [-0.39, 0.29) is 23.8 Å². The number of benzene rings is 1. The van der Waals surface area contributed by atoms with Crippen LogP contribution in [0.25, 0.3) is 0 Å². The Morgan fingerprint density at radius 3 is 2.45 bits per heavy atom. The van der Waals surface area contributed by atoms with Gasteiger partial charge in [0.2, 0.25) is 0 Å². The number of carbonyl (C=O) groups is 2. The number of hydrogen-bond acceptors (Lipinski definition) is 2. The Balaban J connectivity index is 1.91. The maximum atomic E-state index is 12.2. The number of amides is 1. The van der Waals surface area contributed by atoms with Crippen molar-refractivity contribution >= 4 is 23.5 Å². The Kier molecular flexibility index (Phi) is 4.13. The Bertz CT molecular complexity index is 602. The molecule has 0 aliphatic carbocycles. The van der Waals surface area contributed by atoms with Crippen LogP contribution in [0.3, 0.4) is 0 Å². The zero-order valence-electron chi connectivity index (χ0n) is 12.6. The number of rotatable bonds is 3. The van der Waals surface area contributed by atoms with Gasteiger partial charge in [0.05, 0.1) is 0 Å². The van der Waals surface area contributed by atoms with Crippen LogP contribution in [0.1, 0.15) is 60.9 Å². The lowest BCUT2D eigenvalue weighted by atomic mass is 9.82. The zero-order valence-corrected chi connectivity index (χ0v) is 13.3. The smallest absolute Gasteiger partial charge is 0.407 e. The summed E-state index contributed by atoms with van der Waals surface area (Å²) in [5.41, 5.74) is 1.75. The predicted octanol–water partition coefficient (Wildman–Crippen LogP) is 4.32. The molecule has 118 valence electrons. The molecular formula is C17H20ClNO3. The second kappa shape index (κ2) is 5.92. The largest absolute Gasteiger partial charge is 0.465 e. The molecule has 5 heteroatoms. The summed E-state index contributed by atoms with van der Waals surface area (Å²) in [6.07, 6.45) is 3.10. The van der Waals surface area contributed by atoms with Crippen LogP contribution in [0.2, 0.25) is 5.02 Å². The van der Waals surface area contributed by atoms with Gasteiger partial charge in [-0.2, -0.15) is 0 Å². The topological polar surface area (TPSA) is 57.6 Å². The van der Waals surface area contributed by atoms with Crippen molar-refractivity contribution in [2.75, 3.05) is 0 Å². The number of piperidine rings is 1. The Labute approximate surface area is 135 Å². The fraction of sp³-hybridized carbons (Fsp3) is 0.529. The number of nitrogens with zero attached hydrogens (tertiary/aromatic N) is 1. The van der Waals surface area contributed by atoms with Crippen molar-refractivity contribution < 1.29 is 14.7 Å². The van der Waals surface area contributed by atoms with E-state index in [1.165, 1.54) is 0 Å². The van der Waals surface area contributed by atoms with Crippen LogP contribution >= 0.6 is 11.6 Å². The summed E-state index contributed by atoms with van der Waals surface area (Å²) in [7, 11) is 0. The van der Waals surface area contributed by atoms with Gasteiger partial charge in [-0.25, -0.2) is 4.79 Å². The number of halogens is 1. The highest BCUT2D eigenvalue weighted by molar-refractivity contribution is 6.31. The van der Waals surface area contributed by atoms with Crippen LogP contribution in [0.5, 0.6) is 0 Å². The first-order valence-electron chi connectivity index (χ1n) is 7.85. The van der Waals surface area contributed by atoms with Gasteiger partial charge in [0.25, 0.3) is 0 Å². The van der Waals surface area contributed by atoms with Crippen molar-refractivity contribution in [1.82, 2.24) is 4.90 Å². The van der Waals surface area contributed by atoms with E-state index < -0.39 is 6.09 Å². The highest BCUT2D eigenvalue weighted by Gasteiger charge is 2.44. The number of fused-ring (bicyclic) bond motifs is 2. The lowest BCUT2D eigenvalue weighted by molar-refractivity contribution is 0.0941. The van der Waals surface area contributed by atoms with Crippen molar-refractivity contribution in [2.24, 2.45) is 0 Å². The standard InChI is InChI=1S/C17H20ClNO3/c1-2-16(20)15-9-11(18)3-6-14(15)10-7-12-4-5-13(8-10)19(12)17(21)22/h3,6,9-10,12-13H,2,4-5,7-8H2,1H3,(H,21,22). The third kappa shape index (κ3) is 2.60. The van der Waals surface area contributed by atoms with E-state index in [0.29, 0.717) is 17.0 Å². The minimum Gasteiger partial charge on any atom is -0.465 e. The van der Waals surface area contributed by atoms with Gasteiger partial charge < -0.3 is 10.0 Å². The zero-order chi connectivity index (χ0) is 15.9. The lowest BCUT2D eigenvalue weighted by Gasteiger charge is -2.37. The molecule has 0 spiro atoms. The van der Waals surface area contributed by atoms with E-state index in [1.807, 2.05) is 19.1 Å². The third-order valence-corrected chi connectivity index (χ3v) is 5.27. The molecule has 0 saturated carbocycles. The monoisotopic (exact) mass is 321 g/mol. The van der Waals surface area contributed by atoms with Gasteiger partial charge in [0, 0.05) is 29.1 Å². The summed E-state index contributed by atoms with van der Waals surface area (Å²) in [6.45, 7) is 1.85. The minimum absolute atomic E-state index is 0.0847. The molecule has 3 rings (SSSR count). The van der Waals surface area contributed by atoms with Crippen molar-refractivity contribution in [2.45, 2.75) is 57.0 Å². The number of carboxylic acid groups (broad SMARTS) is 1. The fourth-order valence-electron chi connectivity index (χ4n) is 4.06. The molecule has 1 N–H and O–H groups in total. The first-order chi connectivity index (χ1) is 10.5. The highest BCUT2D eigenvalue weighted by Crippen LogP contribution is 2.44. The molecule has 2 fully saturated rings. The molecule has 4 nitrogen and oxygen atoms in total. The number of ketones is 1. The van der Waals surface area contributed by atoms with Gasteiger partial charge in [0.15, 0.2) is 5.78 Å². The minimum atomic E-state index is -0.813. The van der Waals surface area contributed by atoms with Gasteiger partial charge in [-0.1, -0.05) is 24.6 Å². The van der Waals surface area contributed by atoms with Crippen molar-refractivity contribution in [3.05, 3.63) is 34.3 Å². The van der Waals surface area contributed by atoms with E-state index in [2.05, 4.69) is 0 Å². The van der Waals surface area contributed by atoms with Crippen LogP contribution in [0, 0.1) is 0 Å². The SMILES string of the molecule is CCC(=O)c1cc(Cl)ccc1C1CC2CCC(C1)N2C(=O)O. The maximum absolute atomic E-state index is 12.2. The first kappa shape index (κ1) is 15.3. The number of carbonyl (C=O) groups excluding carboxylic acids is 1.